The maximum atomic E-state index is 15.8. The lowest BCUT2D eigenvalue weighted by atomic mass is 10.0. The average Bonchev–Trinajstić information content (AvgIpc) is 3.32. The first-order valence-corrected chi connectivity index (χ1v) is 11.7. The minimum Gasteiger partial charge on any atom is -0.497 e. The summed E-state index contributed by atoms with van der Waals surface area (Å²) in [5, 5.41) is 24.3. The first-order valence-electron chi connectivity index (χ1n) is 11.7. The molecule has 0 aliphatic carbocycles. The number of H-pyrrole nitrogens is 1. The van der Waals surface area contributed by atoms with Gasteiger partial charge in [0.1, 0.15) is 30.0 Å². The van der Waals surface area contributed by atoms with Gasteiger partial charge in [-0.05, 0) is 24.3 Å². The molecule has 2 aromatic heterocycles. The summed E-state index contributed by atoms with van der Waals surface area (Å²) >= 11 is 0. The van der Waals surface area contributed by atoms with Crippen molar-refractivity contribution in [1.29, 1.82) is 5.41 Å². The quantitative estimate of drug-likeness (QED) is 0.0776. The van der Waals surface area contributed by atoms with Crippen molar-refractivity contribution < 1.29 is 28.5 Å². The number of ether oxygens (including phenoxy) is 3. The van der Waals surface area contributed by atoms with Crippen LogP contribution < -0.4 is 31.0 Å². The molecule has 0 aliphatic rings. The smallest absolute Gasteiger partial charge is 0.350 e. The van der Waals surface area contributed by atoms with Gasteiger partial charge in [-0.15, -0.1) is 9.78 Å². The second-order valence-electron chi connectivity index (χ2n) is 8.17. The molecule has 0 spiro atoms. The number of aliphatic hydroxyl groups is 1. The highest BCUT2D eigenvalue weighted by atomic mass is 19.1. The molecule has 2 aromatic carbocycles. The lowest BCUT2D eigenvalue weighted by molar-refractivity contribution is -0.131. The molecule has 0 amide bonds. The molecule has 40 heavy (non-hydrogen) atoms. The van der Waals surface area contributed by atoms with Gasteiger partial charge in [0.2, 0.25) is 0 Å². The number of nitrogen functional groups attached to an aromatic ring is 1. The lowest BCUT2D eigenvalue weighted by Gasteiger charge is -2.21. The number of nitrogens with zero attached hydrogens (tertiary/aromatic N) is 4. The Morgan fingerprint density at radius 2 is 2.00 bits per heavy atom. The van der Waals surface area contributed by atoms with Crippen LogP contribution in [0.3, 0.4) is 0 Å². The summed E-state index contributed by atoms with van der Waals surface area (Å²) in [6.07, 6.45) is 2.86. The van der Waals surface area contributed by atoms with Crippen LogP contribution in [-0.2, 0) is 4.79 Å². The zero-order valence-electron chi connectivity index (χ0n) is 21.3. The van der Waals surface area contributed by atoms with E-state index >= 15 is 4.39 Å². The number of carbonyl (C=O) groups is 1. The summed E-state index contributed by atoms with van der Waals surface area (Å²) in [4.78, 5) is 35.1. The fourth-order valence-electron chi connectivity index (χ4n) is 3.72. The number of amidine groups is 1. The van der Waals surface area contributed by atoms with Gasteiger partial charge in [-0.3, -0.25) is 15.2 Å². The van der Waals surface area contributed by atoms with E-state index in [1.54, 1.807) is 6.07 Å². The monoisotopic (exact) mass is 552 g/mol. The Labute approximate surface area is 226 Å². The number of carbonyl (C=O) groups excluding carboxylic acids is 1. The number of nitrogens with two attached hydrogens (primary N) is 1. The van der Waals surface area contributed by atoms with E-state index in [9.17, 15) is 14.7 Å². The summed E-state index contributed by atoms with van der Waals surface area (Å²) in [6.45, 7) is 0.649. The molecule has 1 atom stereocenters. The minimum atomic E-state index is -1.18. The summed E-state index contributed by atoms with van der Waals surface area (Å²) < 4.78 is 32.6. The van der Waals surface area contributed by atoms with Crippen molar-refractivity contribution in [1.82, 2.24) is 24.7 Å². The molecule has 4 aromatic rings. The topological polar surface area (TPSA) is 203 Å². The van der Waals surface area contributed by atoms with E-state index < -0.39 is 23.5 Å². The first kappa shape index (κ1) is 27.7. The van der Waals surface area contributed by atoms with Crippen LogP contribution in [0.4, 0.5) is 10.1 Å². The maximum absolute atomic E-state index is 15.8. The second kappa shape index (κ2) is 12.0. The van der Waals surface area contributed by atoms with Gasteiger partial charge in [0.25, 0.3) is 5.95 Å². The molecule has 0 unspecified atom stereocenters. The molecule has 208 valence electrons. The van der Waals surface area contributed by atoms with Gasteiger partial charge in [0.15, 0.2) is 17.4 Å². The third-order valence-electron chi connectivity index (χ3n) is 5.42. The Morgan fingerprint density at radius 1 is 1.25 bits per heavy atom. The van der Waals surface area contributed by atoms with E-state index in [-0.39, 0.29) is 64.9 Å². The van der Waals surface area contributed by atoms with Crippen molar-refractivity contribution in [2.24, 2.45) is 5.73 Å². The number of aromatic amines is 1. The van der Waals surface area contributed by atoms with Gasteiger partial charge in [0.05, 0.1) is 19.3 Å². The molecular formula is C25H25FN8O6. The Kier molecular flexibility index (Phi) is 8.34. The minimum absolute atomic E-state index is 0.0152. The van der Waals surface area contributed by atoms with Crippen LogP contribution in [0.1, 0.15) is 29.9 Å². The summed E-state index contributed by atoms with van der Waals surface area (Å²) in [5.74, 6) is -1.87. The predicted octanol–water partition coefficient (Wildman–Crippen LogP) is 1.28. The van der Waals surface area contributed by atoms with Gasteiger partial charge >= 0.3 is 11.7 Å². The van der Waals surface area contributed by atoms with Gasteiger partial charge < -0.3 is 30.4 Å². The molecular weight excluding hydrogens is 527 g/mol. The molecule has 0 fully saturated rings. The molecule has 0 bridgehead atoms. The van der Waals surface area contributed by atoms with E-state index in [2.05, 4.69) is 25.4 Å². The number of nitrogens with one attached hydrogen (secondary N) is 3. The molecule has 14 nitrogen and oxygen atoms in total. The fraction of sp³-hybridized carbons (Fsp3) is 0.200. The number of halogens is 1. The van der Waals surface area contributed by atoms with E-state index in [1.165, 1.54) is 56.8 Å². The lowest BCUT2D eigenvalue weighted by Crippen LogP contribution is -2.19. The standard InChI is InChI=1S/C25H25FN8O6/c1-13(36)40-18-10-14(4-5-16(18)22(27)28)31-21(17-11-15(38-2)12-19(20(17)26)39-9-8-35)23-32-25(37)34(33-23)24-29-6-3-7-30-24/h3-7,10-12,21,31,35H,8-9H2,1-2H3,(H3,27,28)(H,32,33,37)/t21-/m1/s1. The van der Waals surface area contributed by atoms with Gasteiger partial charge in [0, 0.05) is 42.7 Å². The second-order valence-corrected chi connectivity index (χ2v) is 8.17. The Hall–Kier alpha value is -5.31. The number of aromatic nitrogens is 5. The number of methoxy groups -OCH3 is 1. The van der Waals surface area contributed by atoms with Crippen molar-refractivity contribution in [3.8, 4) is 23.2 Å². The molecule has 4 rings (SSSR count). The third-order valence-corrected chi connectivity index (χ3v) is 5.42. The molecule has 0 aliphatic heterocycles. The summed E-state index contributed by atoms with van der Waals surface area (Å²) in [7, 11) is 1.38. The van der Waals surface area contributed by atoms with Crippen LogP contribution in [0.15, 0.2) is 53.6 Å². The summed E-state index contributed by atoms with van der Waals surface area (Å²) in [6, 6.07) is 7.43. The first-order chi connectivity index (χ1) is 19.2. The van der Waals surface area contributed by atoms with Gasteiger partial charge in [-0.1, -0.05) is 0 Å². The van der Waals surface area contributed by atoms with Crippen LogP contribution in [0.2, 0.25) is 0 Å². The van der Waals surface area contributed by atoms with E-state index in [1.807, 2.05) is 0 Å². The van der Waals surface area contributed by atoms with Crippen molar-refractivity contribution >= 4 is 17.5 Å². The predicted molar refractivity (Wildman–Crippen MR) is 140 cm³/mol. The highest BCUT2D eigenvalue weighted by Crippen LogP contribution is 2.35. The number of rotatable bonds is 11. The number of aliphatic hydroxyl groups excluding tert-OH is 1. The highest BCUT2D eigenvalue weighted by molar-refractivity contribution is 5.98. The summed E-state index contributed by atoms with van der Waals surface area (Å²) in [5.41, 5.74) is 5.32. The van der Waals surface area contributed by atoms with Crippen LogP contribution in [-0.4, -0.2) is 62.0 Å². The molecule has 0 saturated carbocycles. The zero-order chi connectivity index (χ0) is 28.8. The average molecular weight is 553 g/mol. The normalized spacial score (nSPS) is 11.5. The van der Waals surface area contributed by atoms with E-state index in [4.69, 9.17) is 25.4 Å². The van der Waals surface area contributed by atoms with Crippen LogP contribution >= 0.6 is 0 Å². The van der Waals surface area contributed by atoms with Crippen LogP contribution in [0.25, 0.3) is 5.95 Å². The Bertz CT molecular complexity index is 1590. The highest BCUT2D eigenvalue weighted by Gasteiger charge is 2.27. The van der Waals surface area contributed by atoms with E-state index in [0.717, 1.165) is 4.68 Å². The number of anilines is 1. The largest absolute Gasteiger partial charge is 0.497 e. The SMILES string of the molecule is COc1cc(OCCO)c(F)c([C@@H](Nc2ccc(C(=N)N)c(OC(C)=O)c2)c2nn(-c3ncccn3)c(=O)[nH]2)c1. The Balaban J connectivity index is 1.88. The van der Waals surface area contributed by atoms with Gasteiger partial charge in [-0.2, -0.15) is 0 Å². The number of esters is 1. The van der Waals surface area contributed by atoms with Crippen LogP contribution in [0, 0.1) is 11.2 Å². The van der Waals surface area contributed by atoms with Crippen molar-refractivity contribution in [3.63, 3.8) is 0 Å². The molecule has 2 heterocycles. The van der Waals surface area contributed by atoms with Crippen LogP contribution in [0.5, 0.6) is 17.2 Å². The third kappa shape index (κ3) is 6.05. The molecule has 0 radical (unpaired) electrons. The molecule has 0 saturated heterocycles. The molecule has 15 heteroatoms. The van der Waals surface area contributed by atoms with Crippen molar-refractivity contribution in [3.05, 3.63) is 82.0 Å². The number of benzene rings is 2. The van der Waals surface area contributed by atoms with Crippen molar-refractivity contribution in [2.75, 3.05) is 25.6 Å². The van der Waals surface area contributed by atoms with Gasteiger partial charge in [-0.25, -0.2) is 19.2 Å². The van der Waals surface area contributed by atoms with Crippen molar-refractivity contribution in [2.45, 2.75) is 13.0 Å². The Morgan fingerprint density at radius 3 is 2.65 bits per heavy atom. The molecule has 6 N–H and O–H groups in total. The van der Waals surface area contributed by atoms with E-state index in [0.29, 0.717) is 0 Å². The number of hydrogen-bond donors (Lipinski definition) is 5. The maximum Gasteiger partial charge on any atom is 0.350 e. The number of hydrogen-bond acceptors (Lipinski definition) is 11. The fourth-order valence-corrected chi connectivity index (χ4v) is 3.72. The zero-order valence-corrected chi connectivity index (χ0v) is 21.3.